The summed E-state index contributed by atoms with van der Waals surface area (Å²) in [6.45, 7) is 2.29. The first kappa shape index (κ1) is 13.8. The molecule has 2 aliphatic carbocycles. The van der Waals surface area contributed by atoms with Crippen LogP contribution in [0.25, 0.3) is 0 Å². The normalized spacial score (nSPS) is 27.9. The lowest BCUT2D eigenvalue weighted by atomic mass is 9.82. The van der Waals surface area contributed by atoms with Crippen LogP contribution in [0.1, 0.15) is 75.9 Å². The second kappa shape index (κ2) is 6.06. The van der Waals surface area contributed by atoms with Gasteiger partial charge in [-0.15, -0.1) is 0 Å². The first-order chi connectivity index (χ1) is 9.72. The molecule has 0 bridgehead atoms. The monoisotopic (exact) mass is 276 g/mol. The van der Waals surface area contributed by atoms with E-state index in [1.807, 2.05) is 0 Å². The van der Waals surface area contributed by atoms with Gasteiger partial charge < -0.3 is 4.52 Å². The Morgan fingerprint density at radius 2 is 2.00 bits per heavy atom. The van der Waals surface area contributed by atoms with Crippen molar-refractivity contribution < 1.29 is 9.32 Å². The van der Waals surface area contributed by atoms with Crippen molar-refractivity contribution in [1.82, 2.24) is 10.1 Å². The van der Waals surface area contributed by atoms with E-state index in [0.29, 0.717) is 18.2 Å². The van der Waals surface area contributed by atoms with Crippen molar-refractivity contribution in [2.24, 2.45) is 11.8 Å². The molecule has 0 N–H and O–H groups in total. The zero-order chi connectivity index (χ0) is 13.9. The maximum atomic E-state index is 12.1. The van der Waals surface area contributed by atoms with Crippen LogP contribution >= 0.6 is 0 Å². The number of hydrogen-bond acceptors (Lipinski definition) is 4. The molecule has 0 aliphatic heterocycles. The molecule has 20 heavy (non-hydrogen) atoms. The number of carbonyl (C=O) groups is 1. The molecule has 0 amide bonds. The summed E-state index contributed by atoms with van der Waals surface area (Å²) in [7, 11) is 0. The molecule has 2 atom stereocenters. The molecule has 0 spiro atoms. The average molecular weight is 276 g/mol. The molecular formula is C16H24N2O2. The molecule has 1 aromatic heterocycles. The van der Waals surface area contributed by atoms with E-state index in [9.17, 15) is 4.79 Å². The van der Waals surface area contributed by atoms with E-state index in [0.717, 1.165) is 37.4 Å². The van der Waals surface area contributed by atoms with E-state index >= 15 is 0 Å². The predicted octanol–water partition coefficient (Wildman–Crippen LogP) is 3.67. The molecule has 2 unspecified atom stereocenters. The third-order valence-electron chi connectivity index (χ3n) is 4.92. The van der Waals surface area contributed by atoms with E-state index < -0.39 is 0 Å². The number of rotatable bonds is 4. The smallest absolute Gasteiger partial charge is 0.234 e. The largest absolute Gasteiger partial charge is 0.339 e. The predicted molar refractivity (Wildman–Crippen MR) is 75.3 cm³/mol. The zero-order valence-electron chi connectivity index (χ0n) is 12.3. The molecule has 1 heterocycles. The maximum Gasteiger partial charge on any atom is 0.234 e. The van der Waals surface area contributed by atoms with Gasteiger partial charge in [-0.25, -0.2) is 0 Å². The number of aromatic nitrogens is 2. The molecule has 4 heteroatoms. The van der Waals surface area contributed by atoms with Crippen molar-refractivity contribution in [1.29, 1.82) is 0 Å². The van der Waals surface area contributed by atoms with Crippen LogP contribution < -0.4 is 0 Å². The molecule has 2 saturated carbocycles. The molecule has 2 fully saturated rings. The van der Waals surface area contributed by atoms with E-state index in [1.165, 1.54) is 25.7 Å². The molecule has 4 nitrogen and oxygen atoms in total. The van der Waals surface area contributed by atoms with Crippen LogP contribution in [0, 0.1) is 11.8 Å². The Balaban J connectivity index is 1.60. The summed E-state index contributed by atoms with van der Waals surface area (Å²) >= 11 is 0. The van der Waals surface area contributed by atoms with Crippen molar-refractivity contribution in [3.05, 3.63) is 11.7 Å². The number of Topliss-reactive ketones (excluding diaryl/α,β-unsaturated/α-hetero) is 1. The third kappa shape index (κ3) is 3.10. The van der Waals surface area contributed by atoms with E-state index in [4.69, 9.17) is 4.52 Å². The van der Waals surface area contributed by atoms with E-state index in [1.54, 1.807) is 0 Å². The number of ketones is 1. The van der Waals surface area contributed by atoms with Crippen LogP contribution in [-0.2, 0) is 11.2 Å². The van der Waals surface area contributed by atoms with Gasteiger partial charge in [0, 0.05) is 11.8 Å². The standard InChI is InChI=1S/C16H24N2O2/c1-11-5-4-8-13(9-11)16-17-15(20-18-16)10-14(19)12-6-2-3-7-12/h11-13H,2-10H2,1H3. The highest BCUT2D eigenvalue weighted by Crippen LogP contribution is 2.34. The Morgan fingerprint density at radius 1 is 1.20 bits per heavy atom. The minimum Gasteiger partial charge on any atom is -0.339 e. The highest BCUT2D eigenvalue weighted by atomic mass is 16.5. The Kier molecular flexibility index (Phi) is 4.18. The number of nitrogens with zero attached hydrogens (tertiary/aromatic N) is 2. The highest BCUT2D eigenvalue weighted by molar-refractivity contribution is 5.82. The van der Waals surface area contributed by atoms with Crippen molar-refractivity contribution in [2.75, 3.05) is 0 Å². The van der Waals surface area contributed by atoms with Gasteiger partial charge in [0.25, 0.3) is 0 Å². The minimum absolute atomic E-state index is 0.236. The summed E-state index contributed by atoms with van der Waals surface area (Å²) in [4.78, 5) is 16.6. The number of carbonyl (C=O) groups excluding carboxylic acids is 1. The molecule has 3 rings (SSSR count). The third-order valence-corrected chi connectivity index (χ3v) is 4.92. The summed E-state index contributed by atoms with van der Waals surface area (Å²) in [6, 6.07) is 0. The fraction of sp³-hybridized carbons (Fsp3) is 0.812. The Bertz CT molecular complexity index is 463. The van der Waals surface area contributed by atoms with Crippen molar-refractivity contribution >= 4 is 5.78 Å². The Labute approximate surface area is 120 Å². The molecule has 0 aromatic carbocycles. The Hall–Kier alpha value is -1.19. The summed E-state index contributed by atoms with van der Waals surface area (Å²) in [5, 5.41) is 4.12. The SMILES string of the molecule is CC1CCCC(c2noc(CC(=O)C3CCCC3)n2)C1. The summed E-state index contributed by atoms with van der Waals surface area (Å²) in [6.07, 6.45) is 9.64. The van der Waals surface area contributed by atoms with Crippen molar-refractivity contribution in [3.63, 3.8) is 0 Å². The van der Waals surface area contributed by atoms with Crippen LogP contribution in [-0.4, -0.2) is 15.9 Å². The number of hydrogen-bond donors (Lipinski definition) is 0. The molecule has 1 aromatic rings. The van der Waals surface area contributed by atoms with Crippen LogP contribution in [0.4, 0.5) is 0 Å². The second-order valence-electron chi connectivity index (χ2n) is 6.64. The fourth-order valence-corrected chi connectivity index (χ4v) is 3.72. The van der Waals surface area contributed by atoms with Gasteiger partial charge in [0.15, 0.2) is 5.82 Å². The van der Waals surface area contributed by atoms with Crippen molar-refractivity contribution in [2.45, 2.75) is 70.6 Å². The summed E-state index contributed by atoms with van der Waals surface area (Å²) in [5.41, 5.74) is 0. The topological polar surface area (TPSA) is 56.0 Å². The van der Waals surface area contributed by atoms with Crippen molar-refractivity contribution in [3.8, 4) is 0 Å². The molecule has 0 radical (unpaired) electrons. The molecule has 110 valence electrons. The van der Waals surface area contributed by atoms with Crippen LogP contribution in [0.2, 0.25) is 0 Å². The quantitative estimate of drug-likeness (QED) is 0.842. The molecule has 0 saturated heterocycles. The molecular weight excluding hydrogens is 252 g/mol. The highest BCUT2D eigenvalue weighted by Gasteiger charge is 2.27. The van der Waals surface area contributed by atoms with Crippen LogP contribution in [0.5, 0.6) is 0 Å². The first-order valence-corrected chi connectivity index (χ1v) is 8.07. The zero-order valence-corrected chi connectivity index (χ0v) is 12.3. The van der Waals surface area contributed by atoms with E-state index in [-0.39, 0.29) is 11.7 Å². The lowest BCUT2D eigenvalue weighted by Crippen LogP contribution is -2.14. The van der Waals surface area contributed by atoms with Gasteiger partial charge in [0.05, 0.1) is 6.42 Å². The minimum atomic E-state index is 0.236. The van der Waals surface area contributed by atoms with Gasteiger partial charge in [-0.1, -0.05) is 37.8 Å². The summed E-state index contributed by atoms with van der Waals surface area (Å²) in [5.74, 6) is 3.05. The average Bonchev–Trinajstić information content (AvgIpc) is 3.10. The van der Waals surface area contributed by atoms with Gasteiger partial charge in [-0.3, -0.25) is 4.79 Å². The van der Waals surface area contributed by atoms with Crippen LogP contribution in [0.3, 0.4) is 0 Å². The lowest BCUT2D eigenvalue weighted by molar-refractivity contribution is -0.122. The van der Waals surface area contributed by atoms with Gasteiger partial charge in [-0.05, 0) is 31.6 Å². The molecule has 2 aliphatic rings. The fourth-order valence-electron chi connectivity index (χ4n) is 3.72. The van der Waals surface area contributed by atoms with Gasteiger partial charge in [-0.2, -0.15) is 4.98 Å². The van der Waals surface area contributed by atoms with E-state index in [2.05, 4.69) is 17.1 Å². The summed E-state index contributed by atoms with van der Waals surface area (Å²) < 4.78 is 5.30. The Morgan fingerprint density at radius 3 is 2.75 bits per heavy atom. The maximum absolute atomic E-state index is 12.1. The second-order valence-corrected chi connectivity index (χ2v) is 6.64. The van der Waals surface area contributed by atoms with Crippen LogP contribution in [0.15, 0.2) is 4.52 Å². The van der Waals surface area contributed by atoms with Gasteiger partial charge in [0.2, 0.25) is 5.89 Å². The van der Waals surface area contributed by atoms with Gasteiger partial charge in [0.1, 0.15) is 5.78 Å². The first-order valence-electron chi connectivity index (χ1n) is 8.07. The lowest BCUT2D eigenvalue weighted by Gasteiger charge is -2.23. The van der Waals surface area contributed by atoms with Gasteiger partial charge >= 0.3 is 0 Å².